The number of likely N-dealkylation sites (tertiary alicyclic amines) is 1. The summed E-state index contributed by atoms with van der Waals surface area (Å²) in [6.45, 7) is 1.42. The van der Waals surface area contributed by atoms with Crippen molar-refractivity contribution in [3.8, 4) is 0 Å². The average Bonchev–Trinajstić information content (AvgIpc) is 3.36. The molecule has 1 unspecified atom stereocenters. The van der Waals surface area contributed by atoms with Gasteiger partial charge in [-0.2, -0.15) is 0 Å². The molecule has 1 aliphatic heterocycles. The molecule has 0 aliphatic carbocycles. The first-order chi connectivity index (χ1) is 15.8. The van der Waals surface area contributed by atoms with E-state index < -0.39 is 18.0 Å². The van der Waals surface area contributed by atoms with Gasteiger partial charge in [0.05, 0.1) is 17.1 Å². The highest BCUT2D eigenvalue weighted by Crippen LogP contribution is 2.31. The van der Waals surface area contributed by atoms with E-state index >= 15 is 0 Å². The molecular formula is C25H26ClF2N3O2. The Morgan fingerprint density at radius 2 is 1.97 bits per heavy atom. The molecule has 1 aromatic heterocycles. The average molecular weight is 474 g/mol. The van der Waals surface area contributed by atoms with E-state index in [0.29, 0.717) is 35.9 Å². The quantitative estimate of drug-likeness (QED) is 0.544. The molecule has 1 saturated heterocycles. The number of aromatic nitrogens is 1. The Morgan fingerprint density at radius 1 is 1.21 bits per heavy atom. The smallest absolute Gasteiger partial charge is 0.244 e. The third-order valence-corrected chi connectivity index (χ3v) is 6.64. The van der Waals surface area contributed by atoms with Gasteiger partial charge >= 0.3 is 0 Å². The molecule has 0 bridgehead atoms. The van der Waals surface area contributed by atoms with Gasteiger partial charge in [-0.25, -0.2) is 8.78 Å². The SMILES string of the molecule is CC(=O)n1cc(C(N)C(=O)N2C[C@H](F)C[C@H]2CCCc2cccc(Cl)c2F)c2ccccc21. The highest BCUT2D eigenvalue weighted by molar-refractivity contribution is 6.30. The van der Waals surface area contributed by atoms with Gasteiger partial charge in [-0.05, 0) is 37.0 Å². The van der Waals surface area contributed by atoms with Gasteiger partial charge in [-0.1, -0.05) is 41.9 Å². The first-order valence-electron chi connectivity index (χ1n) is 11.0. The topological polar surface area (TPSA) is 68.3 Å². The molecule has 2 N–H and O–H groups in total. The molecule has 3 aromatic rings. The lowest BCUT2D eigenvalue weighted by molar-refractivity contribution is -0.133. The summed E-state index contributed by atoms with van der Waals surface area (Å²) in [4.78, 5) is 26.9. The number of carbonyl (C=O) groups is 2. The molecule has 4 rings (SSSR count). The molecule has 5 nitrogen and oxygen atoms in total. The zero-order valence-electron chi connectivity index (χ0n) is 18.3. The molecule has 1 amide bonds. The van der Waals surface area contributed by atoms with Crippen LogP contribution in [0.3, 0.4) is 0 Å². The van der Waals surface area contributed by atoms with E-state index in [2.05, 4.69) is 0 Å². The molecule has 0 saturated carbocycles. The summed E-state index contributed by atoms with van der Waals surface area (Å²) in [7, 11) is 0. The monoisotopic (exact) mass is 473 g/mol. The van der Waals surface area contributed by atoms with Gasteiger partial charge in [-0.3, -0.25) is 14.2 Å². The number of benzene rings is 2. The van der Waals surface area contributed by atoms with Crippen molar-refractivity contribution in [1.82, 2.24) is 9.47 Å². The van der Waals surface area contributed by atoms with Gasteiger partial charge in [0.1, 0.15) is 18.0 Å². The Labute approximate surface area is 196 Å². The summed E-state index contributed by atoms with van der Waals surface area (Å²) in [6, 6.07) is 10.8. The Bertz CT molecular complexity index is 1200. The van der Waals surface area contributed by atoms with E-state index in [1.54, 1.807) is 24.4 Å². The number of amides is 1. The number of carbonyl (C=O) groups excluding carboxylic acids is 2. The van der Waals surface area contributed by atoms with Crippen LogP contribution in [0.25, 0.3) is 10.9 Å². The minimum atomic E-state index is -1.13. The summed E-state index contributed by atoms with van der Waals surface area (Å²) in [5, 5.41) is 0.794. The standard InChI is InChI=1S/C25H26ClF2N3O2/c1-15(32)30-14-20(19-9-2-3-11-22(19)30)24(29)25(33)31-13-17(27)12-18(31)8-4-6-16-7-5-10-21(26)23(16)28/h2-3,5,7,9-11,14,17-18,24H,4,6,8,12-13,29H2,1H3/t17-,18-,24?/m1/s1. The Hall–Kier alpha value is -2.77. The van der Waals surface area contributed by atoms with Crippen LogP contribution in [0.4, 0.5) is 8.78 Å². The largest absolute Gasteiger partial charge is 0.335 e. The fourth-order valence-corrected chi connectivity index (χ4v) is 4.89. The minimum Gasteiger partial charge on any atom is -0.335 e. The van der Waals surface area contributed by atoms with Crippen LogP contribution in [0.2, 0.25) is 5.02 Å². The van der Waals surface area contributed by atoms with E-state index in [9.17, 15) is 18.4 Å². The lowest BCUT2D eigenvalue weighted by Gasteiger charge is -2.27. The zero-order valence-corrected chi connectivity index (χ0v) is 19.1. The number of rotatable bonds is 6. The molecule has 1 aliphatic rings. The second kappa shape index (κ2) is 9.61. The van der Waals surface area contributed by atoms with E-state index in [1.807, 2.05) is 18.2 Å². The fraction of sp³-hybridized carbons (Fsp3) is 0.360. The van der Waals surface area contributed by atoms with Crippen LogP contribution >= 0.6 is 11.6 Å². The van der Waals surface area contributed by atoms with Gasteiger partial charge in [-0.15, -0.1) is 0 Å². The minimum absolute atomic E-state index is 0.0198. The van der Waals surface area contributed by atoms with Gasteiger partial charge < -0.3 is 10.6 Å². The molecule has 2 aromatic carbocycles. The van der Waals surface area contributed by atoms with E-state index in [-0.39, 0.29) is 35.8 Å². The molecule has 0 radical (unpaired) electrons. The molecular weight excluding hydrogens is 448 g/mol. The van der Waals surface area contributed by atoms with Crippen LogP contribution in [0, 0.1) is 5.82 Å². The van der Waals surface area contributed by atoms with Gasteiger partial charge in [0, 0.05) is 36.5 Å². The number of nitrogens with zero attached hydrogens (tertiary/aromatic N) is 2. The molecule has 0 spiro atoms. The van der Waals surface area contributed by atoms with Crippen molar-refractivity contribution in [3.63, 3.8) is 0 Å². The van der Waals surface area contributed by atoms with Gasteiger partial charge in [0.25, 0.3) is 0 Å². The summed E-state index contributed by atoms with van der Waals surface area (Å²) >= 11 is 5.85. The highest BCUT2D eigenvalue weighted by atomic mass is 35.5. The molecule has 1 fully saturated rings. The van der Waals surface area contributed by atoms with Crippen molar-refractivity contribution < 1.29 is 18.4 Å². The van der Waals surface area contributed by atoms with Crippen LogP contribution in [0.1, 0.15) is 48.1 Å². The van der Waals surface area contributed by atoms with Crippen molar-refractivity contribution in [2.75, 3.05) is 6.54 Å². The normalized spacial score (nSPS) is 19.2. The Morgan fingerprint density at radius 3 is 2.73 bits per heavy atom. The zero-order chi connectivity index (χ0) is 23.7. The van der Waals surface area contributed by atoms with Crippen LogP contribution in [-0.4, -0.2) is 40.0 Å². The van der Waals surface area contributed by atoms with Crippen LogP contribution < -0.4 is 5.73 Å². The first kappa shape index (κ1) is 23.4. The van der Waals surface area contributed by atoms with E-state index in [0.717, 1.165) is 5.39 Å². The molecule has 2 heterocycles. The number of fused-ring (bicyclic) bond motifs is 1. The van der Waals surface area contributed by atoms with Gasteiger partial charge in [0.15, 0.2) is 0 Å². The molecule has 33 heavy (non-hydrogen) atoms. The second-order valence-corrected chi connectivity index (χ2v) is 8.96. The van der Waals surface area contributed by atoms with Crippen molar-refractivity contribution in [2.45, 2.75) is 50.9 Å². The third kappa shape index (κ3) is 4.66. The number of aryl methyl sites for hydroxylation is 1. The molecule has 3 atom stereocenters. The van der Waals surface area contributed by atoms with Crippen molar-refractivity contribution in [3.05, 3.63) is 70.6 Å². The Kier molecular flexibility index (Phi) is 6.81. The van der Waals surface area contributed by atoms with Crippen molar-refractivity contribution in [2.24, 2.45) is 5.73 Å². The number of halogens is 3. The van der Waals surface area contributed by atoms with Crippen LogP contribution in [-0.2, 0) is 11.2 Å². The third-order valence-electron chi connectivity index (χ3n) is 6.34. The lowest BCUT2D eigenvalue weighted by Crippen LogP contribution is -2.41. The van der Waals surface area contributed by atoms with Gasteiger partial charge in [0.2, 0.25) is 11.8 Å². The predicted molar refractivity (Wildman–Crippen MR) is 125 cm³/mol. The van der Waals surface area contributed by atoms with Crippen LogP contribution in [0.5, 0.6) is 0 Å². The summed E-state index contributed by atoms with van der Waals surface area (Å²) < 4.78 is 29.9. The lowest BCUT2D eigenvalue weighted by atomic mass is 10.0. The van der Waals surface area contributed by atoms with Crippen molar-refractivity contribution >= 4 is 34.3 Å². The van der Waals surface area contributed by atoms with E-state index in [4.69, 9.17) is 17.3 Å². The summed E-state index contributed by atoms with van der Waals surface area (Å²) in [5.41, 5.74) is 8.07. The number of hydrogen-bond donors (Lipinski definition) is 1. The van der Waals surface area contributed by atoms with Crippen molar-refractivity contribution in [1.29, 1.82) is 0 Å². The van der Waals surface area contributed by atoms with Crippen LogP contribution in [0.15, 0.2) is 48.7 Å². The number of alkyl halides is 1. The number of hydrogen-bond acceptors (Lipinski definition) is 3. The summed E-state index contributed by atoms with van der Waals surface area (Å²) in [6.07, 6.45) is 2.24. The maximum absolute atomic E-state index is 14.3. The number of para-hydroxylation sites is 1. The maximum Gasteiger partial charge on any atom is 0.244 e. The molecule has 174 valence electrons. The fourth-order valence-electron chi connectivity index (χ4n) is 4.70. The maximum atomic E-state index is 14.3. The summed E-state index contributed by atoms with van der Waals surface area (Å²) in [5.74, 6) is -1.00. The van der Waals surface area contributed by atoms with E-state index in [1.165, 1.54) is 22.5 Å². The highest BCUT2D eigenvalue weighted by Gasteiger charge is 2.38. The number of nitrogens with two attached hydrogens (primary N) is 1. The predicted octanol–water partition coefficient (Wildman–Crippen LogP) is 5.06. The Balaban J connectivity index is 1.50. The molecule has 8 heteroatoms. The first-order valence-corrected chi connectivity index (χ1v) is 11.4. The second-order valence-electron chi connectivity index (χ2n) is 8.55.